The first kappa shape index (κ1) is 27.4. The van der Waals surface area contributed by atoms with E-state index in [-0.39, 0.29) is 17.1 Å². The van der Waals surface area contributed by atoms with E-state index in [9.17, 15) is 18.5 Å². The minimum absolute atomic E-state index is 0.0230. The molecule has 1 aliphatic carbocycles. The molecule has 34 heavy (non-hydrogen) atoms. The third kappa shape index (κ3) is 8.83. The van der Waals surface area contributed by atoms with Gasteiger partial charge < -0.3 is 15.2 Å². The van der Waals surface area contributed by atoms with Crippen LogP contribution in [0, 0.1) is 21.4 Å². The Hall–Kier alpha value is -2.85. The molecule has 10 heteroatoms. The number of ether oxygens (including phenoxy) is 2. The van der Waals surface area contributed by atoms with Gasteiger partial charge in [0.15, 0.2) is 5.75 Å². The van der Waals surface area contributed by atoms with Gasteiger partial charge in [-0.25, -0.2) is 8.42 Å². The predicted octanol–water partition coefficient (Wildman–Crippen LogP) is 5.32. The maximum atomic E-state index is 11.4. The summed E-state index contributed by atoms with van der Waals surface area (Å²) in [5, 5.41) is 10.9. The molecule has 0 heterocycles. The number of nitrogens with zero attached hydrogens (tertiary/aromatic N) is 1. The number of anilines is 1. The lowest BCUT2D eigenvalue weighted by Gasteiger charge is -2.35. The van der Waals surface area contributed by atoms with Crippen LogP contribution < -0.4 is 19.9 Å². The fraction of sp³-hybridized carbons (Fsp3) is 0.500. The molecule has 0 bridgehead atoms. The van der Waals surface area contributed by atoms with Crippen molar-refractivity contribution in [3.05, 3.63) is 52.6 Å². The second-order valence-corrected chi connectivity index (χ2v) is 11.3. The van der Waals surface area contributed by atoms with Gasteiger partial charge in [-0.05, 0) is 67.3 Å². The van der Waals surface area contributed by atoms with Gasteiger partial charge in [0, 0.05) is 12.1 Å². The summed E-state index contributed by atoms with van der Waals surface area (Å²) < 4.78 is 35.6. The Morgan fingerprint density at radius 1 is 1.03 bits per heavy atom. The van der Waals surface area contributed by atoms with E-state index in [2.05, 4.69) is 25.5 Å². The number of sulfonamides is 1. The first-order valence-electron chi connectivity index (χ1n) is 11.1. The molecular weight excluding hydrogens is 458 g/mol. The number of hydrogen-bond donors (Lipinski definition) is 2. The highest BCUT2D eigenvalue weighted by Gasteiger charge is 2.28. The quantitative estimate of drug-likeness (QED) is 0.411. The number of nitro benzene ring substituents is 1. The number of rotatable bonds is 6. The molecule has 1 saturated carbocycles. The monoisotopic (exact) mass is 493 g/mol. The summed E-state index contributed by atoms with van der Waals surface area (Å²) in [5.74, 6) is 1.92. The summed E-state index contributed by atoms with van der Waals surface area (Å²) in [7, 11) is -2.04. The molecule has 9 nitrogen and oxygen atoms in total. The number of hydrogen-bond acceptors (Lipinski definition) is 7. The average Bonchev–Trinajstić information content (AvgIpc) is 2.74. The Balaban J connectivity index is 0.000000310. The molecule has 0 amide bonds. The zero-order chi connectivity index (χ0) is 25.5. The summed E-state index contributed by atoms with van der Waals surface area (Å²) in [6.07, 6.45) is 6.13. The van der Waals surface area contributed by atoms with Gasteiger partial charge in [-0.2, -0.15) is 0 Å². The van der Waals surface area contributed by atoms with E-state index in [1.54, 1.807) is 24.3 Å². The Morgan fingerprint density at radius 3 is 2.06 bits per heavy atom. The molecule has 0 radical (unpaired) electrons. The zero-order valence-corrected chi connectivity index (χ0v) is 21.2. The van der Waals surface area contributed by atoms with Crippen molar-refractivity contribution in [3.63, 3.8) is 0 Å². The van der Waals surface area contributed by atoms with Crippen LogP contribution in [0.25, 0.3) is 0 Å². The minimum atomic E-state index is -3.56. The van der Waals surface area contributed by atoms with E-state index < -0.39 is 14.9 Å². The van der Waals surface area contributed by atoms with Crippen molar-refractivity contribution in [1.82, 2.24) is 0 Å². The average molecular weight is 494 g/mol. The maximum absolute atomic E-state index is 11.4. The van der Waals surface area contributed by atoms with Gasteiger partial charge in [-0.15, -0.1) is 0 Å². The molecule has 0 aliphatic heterocycles. The fourth-order valence-corrected chi connectivity index (χ4v) is 4.32. The standard InChI is InChI=1S/C14H14N2O6S.C10H21N/c1-21-11-4-6-12(7-5-11)22-14-9-10(16(17)18)3-8-13(14)15-23(2,19)20;1-10(2,3)8-4-6-9(11)7-5-8/h3-9,15H,1-2H3;8-9H,4-7,11H2,1-3H3. The van der Waals surface area contributed by atoms with Crippen molar-refractivity contribution in [1.29, 1.82) is 0 Å². The van der Waals surface area contributed by atoms with Crippen molar-refractivity contribution < 1.29 is 22.8 Å². The zero-order valence-electron chi connectivity index (χ0n) is 20.4. The lowest BCUT2D eigenvalue weighted by Crippen LogP contribution is -2.31. The SMILES string of the molecule is CC(C)(C)C1CCC(N)CC1.COc1ccc(Oc2cc([N+](=O)[O-])ccc2NS(C)(=O)=O)cc1. The maximum Gasteiger partial charge on any atom is 0.273 e. The van der Waals surface area contributed by atoms with Gasteiger partial charge in [0.1, 0.15) is 11.5 Å². The van der Waals surface area contributed by atoms with E-state index in [1.165, 1.54) is 44.9 Å². The van der Waals surface area contributed by atoms with Gasteiger partial charge in [0.25, 0.3) is 5.69 Å². The molecule has 0 saturated heterocycles. The summed E-state index contributed by atoms with van der Waals surface area (Å²) in [6, 6.07) is 10.6. The van der Waals surface area contributed by atoms with Gasteiger partial charge in [-0.1, -0.05) is 20.8 Å². The highest BCUT2D eigenvalue weighted by atomic mass is 32.2. The molecule has 0 unspecified atom stereocenters. The van der Waals surface area contributed by atoms with Crippen molar-refractivity contribution in [3.8, 4) is 17.2 Å². The van der Waals surface area contributed by atoms with Gasteiger partial charge in [0.2, 0.25) is 10.0 Å². The van der Waals surface area contributed by atoms with Crippen LogP contribution in [0.15, 0.2) is 42.5 Å². The molecule has 2 aromatic rings. The summed E-state index contributed by atoms with van der Waals surface area (Å²) in [4.78, 5) is 10.3. The van der Waals surface area contributed by atoms with Crippen LogP contribution in [-0.4, -0.2) is 32.7 Å². The van der Waals surface area contributed by atoms with Gasteiger partial charge in [-0.3, -0.25) is 14.8 Å². The Kier molecular flexibility index (Phi) is 9.29. The van der Waals surface area contributed by atoms with Crippen molar-refractivity contribution in [2.45, 2.75) is 52.5 Å². The first-order chi connectivity index (χ1) is 15.8. The largest absolute Gasteiger partial charge is 0.497 e. The lowest BCUT2D eigenvalue weighted by atomic mass is 9.71. The van der Waals surface area contributed by atoms with E-state index in [4.69, 9.17) is 15.2 Å². The van der Waals surface area contributed by atoms with E-state index in [0.717, 1.165) is 18.2 Å². The number of nitrogens with two attached hydrogens (primary N) is 1. The predicted molar refractivity (Wildman–Crippen MR) is 134 cm³/mol. The van der Waals surface area contributed by atoms with Crippen LogP contribution in [0.3, 0.4) is 0 Å². The molecule has 1 fully saturated rings. The van der Waals surface area contributed by atoms with E-state index in [1.807, 2.05) is 0 Å². The molecule has 0 spiro atoms. The van der Waals surface area contributed by atoms with Gasteiger partial charge in [0.05, 0.1) is 30.0 Å². The smallest absolute Gasteiger partial charge is 0.273 e. The molecule has 3 N–H and O–H groups in total. The summed E-state index contributed by atoms with van der Waals surface area (Å²) >= 11 is 0. The molecule has 0 aromatic heterocycles. The van der Waals surface area contributed by atoms with E-state index in [0.29, 0.717) is 23.0 Å². The topological polar surface area (TPSA) is 134 Å². The number of methoxy groups -OCH3 is 1. The Morgan fingerprint density at radius 2 is 1.59 bits per heavy atom. The van der Waals surface area contributed by atoms with Crippen LogP contribution >= 0.6 is 0 Å². The highest BCUT2D eigenvalue weighted by molar-refractivity contribution is 7.92. The normalized spacial score (nSPS) is 18.3. The number of benzene rings is 2. The van der Waals surface area contributed by atoms with Crippen LogP contribution in [0.2, 0.25) is 0 Å². The molecular formula is C24H35N3O6S. The molecule has 2 aromatic carbocycles. The van der Waals surface area contributed by atoms with Crippen molar-refractivity contribution in [2.75, 3.05) is 18.1 Å². The van der Waals surface area contributed by atoms with Crippen LogP contribution in [0.4, 0.5) is 11.4 Å². The third-order valence-corrected chi connectivity index (χ3v) is 6.35. The Bertz CT molecular complexity index is 1060. The van der Waals surface area contributed by atoms with Crippen LogP contribution in [-0.2, 0) is 10.0 Å². The summed E-state index contributed by atoms with van der Waals surface area (Å²) in [6.45, 7) is 7.03. The molecule has 0 atom stereocenters. The minimum Gasteiger partial charge on any atom is -0.497 e. The lowest BCUT2D eigenvalue weighted by molar-refractivity contribution is -0.384. The van der Waals surface area contributed by atoms with Gasteiger partial charge >= 0.3 is 0 Å². The highest BCUT2D eigenvalue weighted by Crippen LogP contribution is 2.37. The fourth-order valence-electron chi connectivity index (χ4n) is 3.75. The van der Waals surface area contributed by atoms with Crippen molar-refractivity contribution >= 4 is 21.4 Å². The van der Waals surface area contributed by atoms with Crippen LogP contribution in [0.1, 0.15) is 46.5 Å². The first-order valence-corrected chi connectivity index (χ1v) is 13.0. The summed E-state index contributed by atoms with van der Waals surface area (Å²) in [5.41, 5.74) is 6.23. The second-order valence-electron chi connectivity index (χ2n) is 9.57. The number of nitrogens with one attached hydrogen (secondary N) is 1. The number of non-ortho nitro benzene ring substituents is 1. The second kappa shape index (κ2) is 11.5. The van der Waals surface area contributed by atoms with Crippen LogP contribution in [0.5, 0.6) is 17.2 Å². The Labute approximate surface area is 201 Å². The number of nitro groups is 1. The van der Waals surface area contributed by atoms with E-state index >= 15 is 0 Å². The molecule has 188 valence electrons. The molecule has 1 aliphatic rings. The molecule has 3 rings (SSSR count). The third-order valence-electron chi connectivity index (χ3n) is 5.76. The van der Waals surface area contributed by atoms with Crippen molar-refractivity contribution in [2.24, 2.45) is 17.1 Å².